The molecule has 1 heterocycles. The van der Waals surface area contributed by atoms with Gasteiger partial charge in [0.2, 0.25) is 0 Å². The van der Waals surface area contributed by atoms with Crippen LogP contribution < -0.4 is 0 Å². The van der Waals surface area contributed by atoms with Gasteiger partial charge in [0.15, 0.2) is 0 Å². The number of hydrogen-bond donors (Lipinski definition) is 0. The largest absolute Gasteiger partial charge is 0.296 e. The van der Waals surface area contributed by atoms with Crippen LogP contribution in [0.4, 0.5) is 0 Å². The normalized spacial score (nSPS) is 32.9. The Kier molecular flexibility index (Phi) is 3.40. The second kappa shape index (κ2) is 5.07. The average molecular weight is 266 g/mol. The van der Waals surface area contributed by atoms with Gasteiger partial charge in [0.05, 0.1) is 6.07 Å². The van der Waals surface area contributed by atoms with Crippen LogP contribution in [-0.2, 0) is 11.8 Å². The third-order valence-corrected chi connectivity index (χ3v) is 5.56. The highest BCUT2D eigenvalue weighted by Crippen LogP contribution is 2.48. The van der Waals surface area contributed by atoms with Crippen molar-refractivity contribution in [3.63, 3.8) is 0 Å². The minimum Gasteiger partial charge on any atom is -0.296 e. The molecular weight excluding hydrogens is 244 g/mol. The lowest BCUT2D eigenvalue weighted by atomic mass is 9.59. The van der Waals surface area contributed by atoms with Crippen molar-refractivity contribution in [3.8, 4) is 6.07 Å². The standard InChI is InChI=1S/C18H22N2/c1-14-17-13-15-7-3-4-8-16(15)18(14,2)9-12-20(17)11-6-5-10-19/h3-8,14,17H,9,11-13H2,1-2H3/t14-,17-,18-/m1/s1. The minimum atomic E-state index is 0.314. The van der Waals surface area contributed by atoms with Crippen LogP contribution in [0.15, 0.2) is 36.4 Å². The van der Waals surface area contributed by atoms with E-state index in [-0.39, 0.29) is 0 Å². The fourth-order valence-electron chi connectivity index (χ4n) is 4.14. The zero-order chi connectivity index (χ0) is 14.2. The topological polar surface area (TPSA) is 27.0 Å². The van der Waals surface area contributed by atoms with E-state index in [1.165, 1.54) is 12.0 Å². The molecule has 0 aromatic heterocycles. The van der Waals surface area contributed by atoms with E-state index in [1.807, 2.05) is 6.08 Å². The molecule has 0 amide bonds. The van der Waals surface area contributed by atoms with Gasteiger partial charge in [-0.1, -0.05) is 44.2 Å². The highest BCUT2D eigenvalue weighted by atomic mass is 15.2. The van der Waals surface area contributed by atoms with Crippen molar-refractivity contribution in [2.24, 2.45) is 5.92 Å². The lowest BCUT2D eigenvalue weighted by Crippen LogP contribution is -2.57. The van der Waals surface area contributed by atoms with Crippen molar-refractivity contribution in [1.82, 2.24) is 4.90 Å². The van der Waals surface area contributed by atoms with Crippen LogP contribution in [-0.4, -0.2) is 24.0 Å². The Morgan fingerprint density at radius 3 is 3.05 bits per heavy atom. The lowest BCUT2D eigenvalue weighted by molar-refractivity contribution is 0.0399. The van der Waals surface area contributed by atoms with Crippen molar-refractivity contribution < 1.29 is 0 Å². The number of hydrogen-bond acceptors (Lipinski definition) is 2. The molecule has 0 spiro atoms. The molecule has 0 saturated carbocycles. The molecular formula is C18H22N2. The summed E-state index contributed by atoms with van der Waals surface area (Å²) in [6.45, 7) is 6.88. The van der Waals surface area contributed by atoms with Crippen LogP contribution in [0.1, 0.15) is 31.4 Å². The van der Waals surface area contributed by atoms with E-state index < -0.39 is 0 Å². The summed E-state index contributed by atoms with van der Waals surface area (Å²) in [5.41, 5.74) is 3.40. The molecule has 2 heteroatoms. The van der Waals surface area contributed by atoms with E-state index in [2.05, 4.69) is 49.1 Å². The van der Waals surface area contributed by atoms with Crippen LogP contribution >= 0.6 is 0 Å². The Morgan fingerprint density at radius 1 is 1.45 bits per heavy atom. The molecule has 2 nitrogen and oxygen atoms in total. The van der Waals surface area contributed by atoms with Crippen LogP contribution in [0, 0.1) is 17.2 Å². The van der Waals surface area contributed by atoms with E-state index in [0.717, 1.165) is 19.5 Å². The predicted molar refractivity (Wildman–Crippen MR) is 81.4 cm³/mol. The van der Waals surface area contributed by atoms with Crippen molar-refractivity contribution in [2.45, 2.75) is 38.1 Å². The monoisotopic (exact) mass is 266 g/mol. The second-order valence-electron chi connectivity index (χ2n) is 6.41. The first-order chi connectivity index (χ1) is 9.66. The molecule has 1 aromatic rings. The van der Waals surface area contributed by atoms with Crippen molar-refractivity contribution in [1.29, 1.82) is 5.26 Å². The number of likely N-dealkylation sites (tertiary alicyclic amines) is 1. The highest BCUT2D eigenvalue weighted by molar-refractivity contribution is 5.39. The van der Waals surface area contributed by atoms with E-state index in [1.54, 1.807) is 11.6 Å². The van der Waals surface area contributed by atoms with Crippen LogP contribution in [0.25, 0.3) is 0 Å². The van der Waals surface area contributed by atoms with E-state index in [4.69, 9.17) is 5.26 Å². The van der Waals surface area contributed by atoms with Gasteiger partial charge in [0, 0.05) is 18.7 Å². The van der Waals surface area contributed by atoms with Crippen LogP contribution in [0.2, 0.25) is 0 Å². The maximum atomic E-state index is 8.64. The molecule has 1 saturated heterocycles. The third kappa shape index (κ3) is 1.98. The van der Waals surface area contributed by atoms with Gasteiger partial charge in [-0.2, -0.15) is 5.26 Å². The van der Waals surface area contributed by atoms with Gasteiger partial charge in [-0.15, -0.1) is 0 Å². The molecule has 3 atom stereocenters. The average Bonchev–Trinajstić information content (AvgIpc) is 2.45. The number of rotatable bonds is 2. The van der Waals surface area contributed by atoms with Gasteiger partial charge < -0.3 is 0 Å². The number of nitrogens with zero attached hydrogens (tertiary/aromatic N) is 2. The fraction of sp³-hybridized carbons (Fsp3) is 0.500. The molecule has 104 valence electrons. The Bertz CT molecular complexity index is 569. The molecule has 2 aliphatic rings. The number of fused-ring (bicyclic) bond motifs is 4. The Hall–Kier alpha value is -1.59. The number of piperidine rings is 1. The zero-order valence-corrected chi connectivity index (χ0v) is 12.3. The summed E-state index contributed by atoms with van der Waals surface area (Å²) < 4.78 is 0. The van der Waals surface area contributed by atoms with Gasteiger partial charge in [0.25, 0.3) is 0 Å². The highest BCUT2D eigenvalue weighted by Gasteiger charge is 2.47. The molecule has 1 aromatic carbocycles. The Morgan fingerprint density at radius 2 is 2.25 bits per heavy atom. The molecule has 2 bridgehead atoms. The Balaban J connectivity index is 1.92. The van der Waals surface area contributed by atoms with Gasteiger partial charge in [0.1, 0.15) is 0 Å². The maximum absolute atomic E-state index is 8.64. The summed E-state index contributed by atoms with van der Waals surface area (Å²) in [6, 6.07) is 11.7. The van der Waals surface area contributed by atoms with Crippen LogP contribution in [0.3, 0.4) is 0 Å². The van der Waals surface area contributed by atoms with E-state index >= 15 is 0 Å². The molecule has 20 heavy (non-hydrogen) atoms. The van der Waals surface area contributed by atoms with Gasteiger partial charge in [-0.25, -0.2) is 0 Å². The molecule has 0 unspecified atom stereocenters. The molecule has 1 aliphatic heterocycles. The number of allylic oxidation sites excluding steroid dienone is 1. The third-order valence-electron chi connectivity index (χ3n) is 5.56. The zero-order valence-electron chi connectivity index (χ0n) is 12.3. The molecule has 0 radical (unpaired) electrons. The maximum Gasteiger partial charge on any atom is 0.0909 e. The van der Waals surface area contributed by atoms with Gasteiger partial charge in [-0.3, -0.25) is 4.90 Å². The van der Waals surface area contributed by atoms with Crippen LogP contribution in [0.5, 0.6) is 0 Å². The minimum absolute atomic E-state index is 0.314. The van der Waals surface area contributed by atoms with Crippen molar-refractivity contribution in [2.75, 3.05) is 13.1 Å². The lowest BCUT2D eigenvalue weighted by Gasteiger charge is -2.54. The van der Waals surface area contributed by atoms with Crippen molar-refractivity contribution >= 4 is 0 Å². The van der Waals surface area contributed by atoms with E-state index in [9.17, 15) is 0 Å². The Labute approximate surface area is 121 Å². The summed E-state index contributed by atoms with van der Waals surface area (Å²) >= 11 is 0. The summed E-state index contributed by atoms with van der Waals surface area (Å²) in [6.07, 6.45) is 5.96. The molecule has 3 rings (SSSR count). The summed E-state index contributed by atoms with van der Waals surface area (Å²) in [4.78, 5) is 2.55. The van der Waals surface area contributed by atoms with Gasteiger partial charge in [-0.05, 0) is 41.8 Å². The summed E-state index contributed by atoms with van der Waals surface area (Å²) in [5, 5.41) is 8.64. The molecule has 1 fully saturated rings. The first kappa shape index (κ1) is 13.4. The number of nitriles is 1. The van der Waals surface area contributed by atoms with Crippen molar-refractivity contribution in [3.05, 3.63) is 47.5 Å². The second-order valence-corrected chi connectivity index (χ2v) is 6.41. The summed E-state index contributed by atoms with van der Waals surface area (Å²) in [7, 11) is 0. The fourth-order valence-corrected chi connectivity index (χ4v) is 4.14. The predicted octanol–water partition coefficient (Wildman–Crippen LogP) is 3.29. The smallest absolute Gasteiger partial charge is 0.0909 e. The molecule has 0 N–H and O–H groups in total. The molecule has 1 aliphatic carbocycles. The van der Waals surface area contributed by atoms with Gasteiger partial charge >= 0.3 is 0 Å². The summed E-state index contributed by atoms with van der Waals surface area (Å²) in [5.74, 6) is 0.668. The first-order valence-corrected chi connectivity index (χ1v) is 7.54. The quantitative estimate of drug-likeness (QED) is 0.768. The first-order valence-electron chi connectivity index (χ1n) is 7.54. The SMILES string of the molecule is C[C@@H]1[C@H]2Cc3ccccc3[C@]1(C)CCN2CC=CC#N. The number of benzene rings is 1. The van der Waals surface area contributed by atoms with E-state index in [0.29, 0.717) is 17.4 Å².